The topological polar surface area (TPSA) is 14.2 Å². The summed E-state index contributed by atoms with van der Waals surface area (Å²) < 4.78 is 62.2. The van der Waals surface area contributed by atoms with E-state index < -0.39 is 0 Å². The number of benzene rings is 4. The molecule has 0 spiro atoms. The van der Waals surface area contributed by atoms with Crippen molar-refractivity contribution in [3.63, 3.8) is 0 Å². The summed E-state index contributed by atoms with van der Waals surface area (Å²) in [5, 5.41) is 2.67. The van der Waals surface area contributed by atoms with Gasteiger partial charge in [0.05, 0.1) is 0 Å². The Balaban J connectivity index is 0.000000234. The molecule has 62 heavy (non-hydrogen) atoms. The second kappa shape index (κ2) is 23.3. The SMILES string of the molecule is CCN(CC)C(C)CCC[n+]1ccc(/C(F)=C/c2ccc3c(F)c(C)ccc3c2)cc1.CCN(CC)C(C)CCC[n+]1ccc(/C(F)=C/c2ccc3c(F)c(C)ccc3c2)cc1. The Bertz CT molecular complexity index is 2240. The van der Waals surface area contributed by atoms with E-state index in [0.29, 0.717) is 45.1 Å². The van der Waals surface area contributed by atoms with Gasteiger partial charge in [-0.05, 0) is 124 Å². The van der Waals surface area contributed by atoms with Gasteiger partial charge in [0.2, 0.25) is 0 Å². The highest BCUT2D eigenvalue weighted by atomic mass is 19.1. The molecule has 0 radical (unpaired) electrons. The van der Waals surface area contributed by atoms with Crippen LogP contribution in [0.1, 0.15) is 101 Å². The third-order valence-electron chi connectivity index (χ3n) is 12.2. The minimum atomic E-state index is -0.297. The molecule has 2 aromatic heterocycles. The van der Waals surface area contributed by atoms with Gasteiger partial charge in [0.1, 0.15) is 36.4 Å². The predicted octanol–water partition coefficient (Wildman–Crippen LogP) is 13.1. The first-order valence-corrected chi connectivity index (χ1v) is 22.4. The lowest BCUT2D eigenvalue weighted by atomic mass is 10.0. The highest BCUT2D eigenvalue weighted by Gasteiger charge is 2.14. The lowest BCUT2D eigenvalue weighted by Crippen LogP contribution is -2.36. The molecule has 0 amide bonds. The number of aromatic nitrogens is 2. The number of hydrogen-bond donors (Lipinski definition) is 0. The van der Waals surface area contributed by atoms with E-state index in [4.69, 9.17) is 0 Å². The van der Waals surface area contributed by atoms with Gasteiger partial charge in [-0.2, -0.15) is 0 Å². The van der Waals surface area contributed by atoms with Crippen LogP contribution in [0.2, 0.25) is 0 Å². The van der Waals surface area contributed by atoms with Crippen LogP contribution >= 0.6 is 0 Å². The van der Waals surface area contributed by atoms with E-state index in [-0.39, 0.29) is 23.3 Å². The molecule has 2 heterocycles. The van der Waals surface area contributed by atoms with Crippen molar-refractivity contribution in [2.24, 2.45) is 0 Å². The van der Waals surface area contributed by atoms with Crippen LogP contribution in [-0.4, -0.2) is 48.1 Å². The lowest BCUT2D eigenvalue weighted by Gasteiger charge is -2.25. The first-order chi connectivity index (χ1) is 29.8. The molecule has 4 nitrogen and oxygen atoms in total. The summed E-state index contributed by atoms with van der Waals surface area (Å²) in [6, 6.07) is 26.2. The number of fused-ring (bicyclic) bond motifs is 2. The fourth-order valence-corrected chi connectivity index (χ4v) is 8.21. The van der Waals surface area contributed by atoms with E-state index in [9.17, 15) is 17.6 Å². The van der Waals surface area contributed by atoms with Crippen molar-refractivity contribution in [1.82, 2.24) is 9.80 Å². The standard InChI is InChI=1S/2C27H33F2N2/c2*1-5-31(6-2)21(4)8-7-15-30-16-13-23(14-17-30)26(28)19-22-10-12-25-24(18-22)11-9-20(3)27(25)29/h2*9-14,16-19,21H,5-8,15H2,1-4H3/q2*+1/b2*26-19-. The van der Waals surface area contributed by atoms with Crippen LogP contribution < -0.4 is 9.13 Å². The van der Waals surface area contributed by atoms with Gasteiger partial charge < -0.3 is 9.80 Å². The minimum Gasteiger partial charge on any atom is -0.301 e. The van der Waals surface area contributed by atoms with Crippen LogP contribution in [0, 0.1) is 25.5 Å². The first-order valence-electron chi connectivity index (χ1n) is 22.4. The van der Waals surface area contributed by atoms with Crippen molar-refractivity contribution >= 4 is 45.4 Å². The van der Waals surface area contributed by atoms with Crippen LogP contribution in [0.3, 0.4) is 0 Å². The Labute approximate surface area is 367 Å². The number of hydrogen-bond acceptors (Lipinski definition) is 2. The predicted molar refractivity (Wildman–Crippen MR) is 252 cm³/mol. The number of nitrogens with zero attached hydrogens (tertiary/aromatic N) is 4. The van der Waals surface area contributed by atoms with Gasteiger partial charge in [-0.15, -0.1) is 0 Å². The van der Waals surface area contributed by atoms with Crippen LogP contribution in [0.4, 0.5) is 17.6 Å². The van der Waals surface area contributed by atoms with E-state index in [1.807, 2.05) is 73.3 Å². The summed E-state index contributed by atoms with van der Waals surface area (Å²) >= 11 is 0. The van der Waals surface area contributed by atoms with Crippen molar-refractivity contribution in [3.05, 3.63) is 155 Å². The third-order valence-corrected chi connectivity index (χ3v) is 12.2. The summed E-state index contributed by atoms with van der Waals surface area (Å²) in [6.07, 6.45) is 15.2. The fourth-order valence-electron chi connectivity index (χ4n) is 8.21. The molecule has 0 aliphatic heterocycles. The van der Waals surface area contributed by atoms with Gasteiger partial charge in [-0.25, -0.2) is 26.7 Å². The molecule has 0 N–H and O–H groups in total. The van der Waals surface area contributed by atoms with E-state index in [0.717, 1.165) is 86.9 Å². The minimum absolute atomic E-state index is 0.215. The summed E-state index contributed by atoms with van der Waals surface area (Å²) in [5.74, 6) is -1.02. The lowest BCUT2D eigenvalue weighted by molar-refractivity contribution is -0.697. The highest BCUT2D eigenvalue weighted by molar-refractivity contribution is 5.89. The quantitative estimate of drug-likeness (QED) is 0.0632. The highest BCUT2D eigenvalue weighted by Crippen LogP contribution is 2.27. The molecule has 328 valence electrons. The molecule has 0 aliphatic carbocycles. The summed E-state index contributed by atoms with van der Waals surface area (Å²) in [5.41, 5.74) is 3.75. The maximum Gasteiger partial charge on any atom is 0.169 e. The number of rotatable bonds is 18. The summed E-state index contributed by atoms with van der Waals surface area (Å²) in [7, 11) is 0. The van der Waals surface area contributed by atoms with E-state index >= 15 is 0 Å². The number of pyridine rings is 2. The van der Waals surface area contributed by atoms with Gasteiger partial charge >= 0.3 is 0 Å². The van der Waals surface area contributed by atoms with Gasteiger partial charge in [-0.1, -0.05) is 76.2 Å². The van der Waals surface area contributed by atoms with E-state index in [1.54, 1.807) is 50.2 Å². The maximum atomic E-state index is 14.8. The molecule has 0 saturated carbocycles. The van der Waals surface area contributed by atoms with Crippen molar-refractivity contribution in [2.45, 2.75) is 106 Å². The van der Waals surface area contributed by atoms with E-state index in [2.05, 4.69) is 60.5 Å². The largest absolute Gasteiger partial charge is 0.301 e. The molecule has 6 rings (SSSR count). The smallest absolute Gasteiger partial charge is 0.169 e. The molecule has 2 atom stereocenters. The molecule has 8 heteroatoms. The van der Waals surface area contributed by atoms with Gasteiger partial charge in [0.15, 0.2) is 24.8 Å². The van der Waals surface area contributed by atoms with Crippen molar-refractivity contribution in [2.75, 3.05) is 26.2 Å². The zero-order chi connectivity index (χ0) is 44.8. The zero-order valence-electron chi connectivity index (χ0n) is 38.1. The average molecular weight is 847 g/mol. The Kier molecular flexibility index (Phi) is 18.0. The third kappa shape index (κ3) is 12.9. The molecule has 6 aromatic rings. The Morgan fingerprint density at radius 3 is 1.23 bits per heavy atom. The van der Waals surface area contributed by atoms with Gasteiger partial charge in [0.25, 0.3) is 0 Å². The summed E-state index contributed by atoms with van der Waals surface area (Å²) in [6.45, 7) is 23.0. The number of halogens is 4. The van der Waals surface area contributed by atoms with Crippen LogP contribution in [0.15, 0.2) is 110 Å². The van der Waals surface area contributed by atoms with Crippen LogP contribution in [0.5, 0.6) is 0 Å². The molecule has 0 fully saturated rings. The first kappa shape index (κ1) is 47.9. The molecule has 0 saturated heterocycles. The van der Waals surface area contributed by atoms with Gasteiger partial charge in [-0.3, -0.25) is 0 Å². The maximum absolute atomic E-state index is 14.8. The monoisotopic (exact) mass is 847 g/mol. The molecule has 0 aliphatic rings. The Hall–Kier alpha value is -5.18. The second-order valence-corrected chi connectivity index (χ2v) is 16.4. The average Bonchev–Trinajstić information content (AvgIpc) is 3.28. The van der Waals surface area contributed by atoms with Crippen LogP contribution in [0.25, 0.3) is 45.4 Å². The van der Waals surface area contributed by atoms with Gasteiger partial charge in [0, 0.05) is 71.1 Å². The summed E-state index contributed by atoms with van der Waals surface area (Å²) in [4.78, 5) is 4.94. The Morgan fingerprint density at radius 2 is 0.887 bits per heavy atom. The second-order valence-electron chi connectivity index (χ2n) is 16.4. The molecule has 2 unspecified atom stereocenters. The fraction of sp³-hybridized carbons (Fsp3) is 0.370. The van der Waals surface area contributed by atoms with Crippen molar-refractivity contribution in [3.8, 4) is 0 Å². The molecular weight excluding hydrogens is 781 g/mol. The molecular formula is C54H66F4N4+2. The number of aryl methyl sites for hydroxylation is 4. The van der Waals surface area contributed by atoms with E-state index in [1.165, 1.54) is 12.2 Å². The van der Waals surface area contributed by atoms with Crippen molar-refractivity contribution < 1.29 is 26.7 Å². The molecule has 4 aromatic carbocycles. The Morgan fingerprint density at radius 1 is 0.532 bits per heavy atom. The zero-order valence-corrected chi connectivity index (χ0v) is 38.1. The van der Waals surface area contributed by atoms with Crippen LogP contribution in [-0.2, 0) is 13.1 Å². The van der Waals surface area contributed by atoms with Crippen molar-refractivity contribution in [1.29, 1.82) is 0 Å². The molecule has 0 bridgehead atoms. The normalized spacial score (nSPS) is 13.2.